The van der Waals surface area contributed by atoms with Crippen molar-refractivity contribution in [3.8, 4) is 5.75 Å². The number of rotatable bonds is 7. The summed E-state index contributed by atoms with van der Waals surface area (Å²) >= 11 is 3.43. The Labute approximate surface area is 128 Å². The van der Waals surface area contributed by atoms with Gasteiger partial charge in [0.2, 0.25) is 0 Å². The van der Waals surface area contributed by atoms with Crippen molar-refractivity contribution in [2.45, 2.75) is 32.4 Å². The van der Waals surface area contributed by atoms with Gasteiger partial charge >= 0.3 is 0 Å². The third kappa shape index (κ3) is 4.69. The minimum Gasteiger partial charge on any atom is -0.492 e. The number of halogens is 1. The summed E-state index contributed by atoms with van der Waals surface area (Å²) in [5.74, 6) is 0.889. The molecule has 2 rings (SSSR count). The topological polar surface area (TPSA) is 40.2 Å². The highest BCUT2D eigenvalue weighted by molar-refractivity contribution is 9.10. The van der Waals surface area contributed by atoms with Crippen LogP contribution in [0.3, 0.4) is 0 Å². The quantitative estimate of drug-likeness (QED) is 0.838. The zero-order valence-electron chi connectivity index (χ0n) is 11.8. The van der Waals surface area contributed by atoms with Crippen LogP contribution in [0.5, 0.6) is 5.75 Å². The maximum absolute atomic E-state index is 5.97. The van der Waals surface area contributed by atoms with Crippen molar-refractivity contribution in [3.63, 3.8) is 0 Å². The van der Waals surface area contributed by atoms with Gasteiger partial charge in [-0.05, 0) is 42.7 Å². The van der Waals surface area contributed by atoms with Crippen molar-refractivity contribution >= 4 is 15.9 Å². The Morgan fingerprint density at radius 3 is 2.95 bits per heavy atom. The Morgan fingerprint density at radius 1 is 1.35 bits per heavy atom. The fourth-order valence-electron chi connectivity index (χ4n) is 2.02. The van der Waals surface area contributed by atoms with Gasteiger partial charge in [-0.15, -0.1) is 0 Å². The molecule has 3 nitrogen and oxygen atoms in total. The fourth-order valence-corrected chi connectivity index (χ4v) is 2.40. The first kappa shape index (κ1) is 15.1. The molecule has 0 saturated carbocycles. The number of nitrogens with zero attached hydrogens (tertiary/aromatic N) is 1. The molecule has 0 bridgehead atoms. The lowest BCUT2D eigenvalue weighted by atomic mass is 10.1. The minimum atomic E-state index is 0.253. The summed E-state index contributed by atoms with van der Waals surface area (Å²) in [5.41, 5.74) is 7.26. The van der Waals surface area contributed by atoms with Crippen molar-refractivity contribution < 1.29 is 4.74 Å². The van der Waals surface area contributed by atoms with Crippen LogP contribution in [0.25, 0.3) is 0 Å². The Bertz CT molecular complexity index is 539. The van der Waals surface area contributed by atoms with Gasteiger partial charge in [0.1, 0.15) is 12.4 Å². The third-order valence-electron chi connectivity index (χ3n) is 3.25. The maximum Gasteiger partial charge on any atom is 0.120 e. The first-order valence-corrected chi connectivity index (χ1v) is 7.75. The number of benzene rings is 1. The third-order valence-corrected chi connectivity index (χ3v) is 3.74. The van der Waals surface area contributed by atoms with Crippen LogP contribution in [-0.2, 0) is 13.0 Å². The normalized spacial score (nSPS) is 12.3. The van der Waals surface area contributed by atoms with Crippen LogP contribution in [-0.4, -0.2) is 17.2 Å². The largest absolute Gasteiger partial charge is 0.492 e. The van der Waals surface area contributed by atoms with Crippen LogP contribution in [0, 0.1) is 0 Å². The van der Waals surface area contributed by atoms with E-state index >= 15 is 0 Å². The molecule has 2 N–H and O–H groups in total. The Kier molecular flexibility index (Phi) is 5.68. The molecule has 1 heterocycles. The average Bonchev–Trinajstić information content (AvgIpc) is 2.86. The SMILES string of the molecule is CCC(N)Cc1ccn(CCOc2cccc(Br)c2)c1. The van der Waals surface area contributed by atoms with Gasteiger partial charge in [0.25, 0.3) is 0 Å². The van der Waals surface area contributed by atoms with Gasteiger partial charge in [-0.3, -0.25) is 0 Å². The molecular formula is C16H21BrN2O. The highest BCUT2D eigenvalue weighted by atomic mass is 79.9. The number of hydrogen-bond donors (Lipinski definition) is 1. The number of aromatic nitrogens is 1. The van der Waals surface area contributed by atoms with E-state index in [0.29, 0.717) is 6.61 Å². The summed E-state index contributed by atoms with van der Waals surface area (Å²) in [6, 6.07) is 10.3. The van der Waals surface area contributed by atoms with Gasteiger partial charge in [-0.1, -0.05) is 28.9 Å². The predicted octanol–water partition coefficient (Wildman–Crippen LogP) is 3.61. The van der Waals surface area contributed by atoms with Crippen LogP contribution < -0.4 is 10.5 Å². The van der Waals surface area contributed by atoms with Crippen LogP contribution in [0.4, 0.5) is 0 Å². The summed E-state index contributed by atoms with van der Waals surface area (Å²) in [7, 11) is 0. The molecule has 0 saturated heterocycles. The van der Waals surface area contributed by atoms with E-state index in [0.717, 1.165) is 29.6 Å². The molecule has 4 heteroatoms. The van der Waals surface area contributed by atoms with E-state index in [1.807, 2.05) is 24.3 Å². The van der Waals surface area contributed by atoms with E-state index in [4.69, 9.17) is 10.5 Å². The fraction of sp³-hybridized carbons (Fsp3) is 0.375. The lowest BCUT2D eigenvalue weighted by Crippen LogP contribution is -2.21. The second-order valence-corrected chi connectivity index (χ2v) is 5.85. The summed E-state index contributed by atoms with van der Waals surface area (Å²) in [4.78, 5) is 0. The summed E-state index contributed by atoms with van der Waals surface area (Å²) in [6.07, 6.45) is 6.19. The Balaban J connectivity index is 1.79. The highest BCUT2D eigenvalue weighted by Gasteiger charge is 2.03. The monoisotopic (exact) mass is 336 g/mol. The zero-order chi connectivity index (χ0) is 14.4. The van der Waals surface area contributed by atoms with E-state index in [2.05, 4.69) is 45.9 Å². The molecule has 0 aliphatic heterocycles. The van der Waals surface area contributed by atoms with Crippen molar-refractivity contribution in [1.29, 1.82) is 0 Å². The molecule has 20 heavy (non-hydrogen) atoms. The molecule has 1 unspecified atom stereocenters. The van der Waals surface area contributed by atoms with Crippen molar-refractivity contribution in [2.24, 2.45) is 5.73 Å². The Hall–Kier alpha value is -1.26. The van der Waals surface area contributed by atoms with E-state index in [1.54, 1.807) is 0 Å². The van der Waals surface area contributed by atoms with E-state index in [1.165, 1.54) is 5.56 Å². The number of ether oxygens (including phenoxy) is 1. The van der Waals surface area contributed by atoms with E-state index in [9.17, 15) is 0 Å². The second-order valence-electron chi connectivity index (χ2n) is 4.94. The number of nitrogens with two attached hydrogens (primary N) is 1. The highest BCUT2D eigenvalue weighted by Crippen LogP contribution is 2.17. The molecule has 0 aliphatic carbocycles. The number of hydrogen-bond acceptors (Lipinski definition) is 2. The lowest BCUT2D eigenvalue weighted by molar-refractivity contribution is 0.298. The zero-order valence-corrected chi connectivity index (χ0v) is 13.3. The molecule has 0 spiro atoms. The first-order valence-electron chi connectivity index (χ1n) is 6.96. The van der Waals surface area contributed by atoms with Crippen molar-refractivity contribution in [2.75, 3.05) is 6.61 Å². The molecule has 1 aromatic heterocycles. The van der Waals surface area contributed by atoms with E-state index < -0.39 is 0 Å². The molecule has 0 aliphatic rings. The van der Waals surface area contributed by atoms with Crippen LogP contribution in [0.15, 0.2) is 47.2 Å². The van der Waals surface area contributed by atoms with Crippen LogP contribution in [0.2, 0.25) is 0 Å². The first-order chi connectivity index (χ1) is 9.67. The van der Waals surface area contributed by atoms with Gasteiger partial charge in [-0.2, -0.15) is 0 Å². The molecule has 1 atom stereocenters. The van der Waals surface area contributed by atoms with E-state index in [-0.39, 0.29) is 6.04 Å². The molecule has 2 aromatic rings. The smallest absolute Gasteiger partial charge is 0.120 e. The van der Waals surface area contributed by atoms with Gasteiger partial charge < -0.3 is 15.0 Å². The molecule has 0 amide bonds. The summed E-state index contributed by atoms with van der Waals surface area (Å²) in [5, 5.41) is 0. The lowest BCUT2D eigenvalue weighted by Gasteiger charge is -2.08. The van der Waals surface area contributed by atoms with Gasteiger partial charge in [0.15, 0.2) is 0 Å². The van der Waals surface area contributed by atoms with Crippen molar-refractivity contribution in [1.82, 2.24) is 4.57 Å². The molecule has 0 fully saturated rings. The van der Waals surface area contributed by atoms with Gasteiger partial charge in [0.05, 0.1) is 6.54 Å². The van der Waals surface area contributed by atoms with Crippen LogP contribution in [0.1, 0.15) is 18.9 Å². The summed E-state index contributed by atoms with van der Waals surface area (Å²) < 4.78 is 8.91. The minimum absolute atomic E-state index is 0.253. The molecule has 0 radical (unpaired) electrons. The molecule has 108 valence electrons. The van der Waals surface area contributed by atoms with Crippen LogP contribution >= 0.6 is 15.9 Å². The summed E-state index contributed by atoms with van der Waals surface area (Å²) in [6.45, 7) is 3.62. The molecular weight excluding hydrogens is 316 g/mol. The second kappa shape index (κ2) is 7.50. The van der Waals surface area contributed by atoms with Crippen molar-refractivity contribution in [3.05, 3.63) is 52.8 Å². The molecule has 1 aromatic carbocycles. The average molecular weight is 337 g/mol. The van der Waals surface area contributed by atoms with Gasteiger partial charge in [0, 0.05) is 22.9 Å². The van der Waals surface area contributed by atoms with Gasteiger partial charge in [-0.25, -0.2) is 0 Å². The maximum atomic E-state index is 5.97. The Morgan fingerprint density at radius 2 is 2.20 bits per heavy atom. The standard InChI is InChI=1S/C16H21BrN2O/c1-2-15(18)10-13-6-7-19(12-13)8-9-20-16-5-3-4-14(17)11-16/h3-7,11-12,15H,2,8-10,18H2,1H3. The predicted molar refractivity (Wildman–Crippen MR) is 86.0 cm³/mol.